The molecule has 0 saturated heterocycles. The number of hydrazone groups is 1. The molecule has 0 unspecified atom stereocenters. The molecule has 0 radical (unpaired) electrons. The van der Waals surface area contributed by atoms with Gasteiger partial charge in [0.2, 0.25) is 11.6 Å². The third-order valence-electron chi connectivity index (χ3n) is 4.32. The number of carbonyl (C=O) groups is 1. The molecule has 0 spiro atoms. The second kappa shape index (κ2) is 9.62. The van der Waals surface area contributed by atoms with Crippen LogP contribution in [0.5, 0.6) is 0 Å². The number of thioether (sulfide) groups is 1. The molecule has 0 aliphatic rings. The highest BCUT2D eigenvalue weighted by Crippen LogP contribution is 2.26. The first kappa shape index (κ1) is 21.5. The highest BCUT2D eigenvalue weighted by atomic mass is 35.5. The van der Waals surface area contributed by atoms with Crippen LogP contribution >= 0.6 is 23.4 Å². The van der Waals surface area contributed by atoms with Crippen LogP contribution in [0.4, 0.5) is 5.82 Å². The molecule has 162 valence electrons. The van der Waals surface area contributed by atoms with Gasteiger partial charge < -0.3 is 5.73 Å². The van der Waals surface area contributed by atoms with E-state index in [9.17, 15) is 4.79 Å². The lowest BCUT2D eigenvalue weighted by Crippen LogP contribution is -2.20. The molecule has 4 aromatic rings. The molecule has 0 aliphatic carbocycles. The van der Waals surface area contributed by atoms with Gasteiger partial charge in [0.25, 0.3) is 5.91 Å². The number of nitrogens with one attached hydrogen (secondary N) is 1. The number of benzene rings is 2. The summed E-state index contributed by atoms with van der Waals surface area (Å²) >= 11 is 7.38. The molecule has 0 aliphatic heterocycles. The zero-order valence-electron chi connectivity index (χ0n) is 16.8. The van der Waals surface area contributed by atoms with E-state index in [1.165, 1.54) is 22.7 Å². The summed E-state index contributed by atoms with van der Waals surface area (Å²) in [4.78, 5) is 13.8. The summed E-state index contributed by atoms with van der Waals surface area (Å²) in [5.74, 6) is 0.0207. The molecule has 2 aromatic heterocycles. The molecule has 0 atom stereocenters. The Kier molecular flexibility index (Phi) is 6.47. The molecular weight excluding hydrogens is 452 g/mol. The maximum atomic E-state index is 12.8. The van der Waals surface area contributed by atoms with Gasteiger partial charge in [-0.25, -0.2) is 10.1 Å². The standard InChI is InChI=1S/C20H17ClN8O2S/c1-12-2-8-15(9-3-12)32-11-16-17(24-28-29(16)19-18(22)26-31-27-19)20(30)25-23-10-13-4-6-14(21)7-5-13/h2-10H,11H2,1H3,(H2,22,26)(H,25,30). The van der Waals surface area contributed by atoms with Crippen LogP contribution in [0.15, 0.2) is 63.2 Å². The maximum absolute atomic E-state index is 12.8. The quantitative estimate of drug-likeness (QED) is 0.239. The lowest BCUT2D eigenvalue weighted by atomic mass is 10.2. The summed E-state index contributed by atoms with van der Waals surface area (Å²) in [6.45, 7) is 2.01. The van der Waals surface area contributed by atoms with Crippen molar-refractivity contribution in [1.82, 2.24) is 30.7 Å². The van der Waals surface area contributed by atoms with E-state index in [1.807, 2.05) is 31.2 Å². The zero-order chi connectivity index (χ0) is 22.5. The molecule has 10 nitrogen and oxygen atoms in total. The Morgan fingerprint density at radius 2 is 1.97 bits per heavy atom. The van der Waals surface area contributed by atoms with Crippen molar-refractivity contribution >= 4 is 41.3 Å². The zero-order valence-corrected chi connectivity index (χ0v) is 18.3. The van der Waals surface area contributed by atoms with Gasteiger partial charge in [0.05, 0.1) is 11.9 Å². The van der Waals surface area contributed by atoms with E-state index in [-0.39, 0.29) is 17.3 Å². The van der Waals surface area contributed by atoms with Gasteiger partial charge in [-0.15, -0.1) is 16.9 Å². The van der Waals surface area contributed by atoms with E-state index in [0.717, 1.165) is 16.0 Å². The highest BCUT2D eigenvalue weighted by molar-refractivity contribution is 7.98. The summed E-state index contributed by atoms with van der Waals surface area (Å²) in [7, 11) is 0. The number of nitrogens with two attached hydrogens (primary N) is 1. The van der Waals surface area contributed by atoms with Gasteiger partial charge in [-0.3, -0.25) is 4.79 Å². The third kappa shape index (κ3) is 4.95. The summed E-state index contributed by atoms with van der Waals surface area (Å²) in [6, 6.07) is 15.0. The Balaban J connectivity index is 1.56. The van der Waals surface area contributed by atoms with Crippen LogP contribution in [-0.4, -0.2) is 37.4 Å². The number of aryl methyl sites for hydroxylation is 1. The molecule has 3 N–H and O–H groups in total. The fourth-order valence-corrected chi connectivity index (χ4v) is 3.69. The molecule has 1 amide bonds. The molecule has 0 bridgehead atoms. The lowest BCUT2D eigenvalue weighted by Gasteiger charge is -2.06. The molecule has 12 heteroatoms. The van der Waals surface area contributed by atoms with Gasteiger partial charge in [-0.05, 0) is 47.1 Å². The van der Waals surface area contributed by atoms with E-state index in [1.54, 1.807) is 24.3 Å². The predicted molar refractivity (Wildman–Crippen MR) is 121 cm³/mol. The highest BCUT2D eigenvalue weighted by Gasteiger charge is 2.24. The first-order valence-corrected chi connectivity index (χ1v) is 10.7. The first-order chi connectivity index (χ1) is 15.5. The number of anilines is 1. The van der Waals surface area contributed by atoms with Crippen LogP contribution in [0.25, 0.3) is 5.82 Å². The molecule has 2 heterocycles. The summed E-state index contributed by atoms with van der Waals surface area (Å²) < 4.78 is 6.01. The number of carbonyl (C=O) groups excluding carboxylic acids is 1. The van der Waals surface area contributed by atoms with Gasteiger partial charge in [0.1, 0.15) is 0 Å². The van der Waals surface area contributed by atoms with Crippen LogP contribution in [0.3, 0.4) is 0 Å². The Labute approximate surface area is 191 Å². The fourth-order valence-electron chi connectivity index (χ4n) is 2.67. The maximum Gasteiger partial charge on any atom is 0.293 e. The van der Waals surface area contributed by atoms with Crippen molar-refractivity contribution in [3.8, 4) is 5.82 Å². The number of nitrogen functional groups attached to an aromatic ring is 1. The minimum Gasteiger partial charge on any atom is -0.378 e. The number of hydrogen-bond acceptors (Lipinski definition) is 9. The van der Waals surface area contributed by atoms with Crippen molar-refractivity contribution in [2.45, 2.75) is 17.6 Å². The van der Waals surface area contributed by atoms with Crippen molar-refractivity contribution in [2.75, 3.05) is 5.73 Å². The van der Waals surface area contributed by atoms with Crippen molar-refractivity contribution < 1.29 is 9.42 Å². The molecule has 2 aromatic carbocycles. The van der Waals surface area contributed by atoms with Gasteiger partial charge >= 0.3 is 0 Å². The smallest absolute Gasteiger partial charge is 0.293 e. The molecule has 32 heavy (non-hydrogen) atoms. The number of rotatable bonds is 7. The second-order valence-corrected chi connectivity index (χ2v) is 8.11. The Bertz CT molecular complexity index is 1250. The fraction of sp³-hybridized carbons (Fsp3) is 0.100. The normalized spacial score (nSPS) is 11.2. The van der Waals surface area contributed by atoms with Gasteiger partial charge in [0.15, 0.2) is 5.69 Å². The predicted octanol–water partition coefficient (Wildman–Crippen LogP) is 3.25. The monoisotopic (exact) mass is 468 g/mol. The Hall–Kier alpha value is -3.70. The number of halogens is 1. The number of aromatic nitrogens is 5. The van der Waals surface area contributed by atoms with Crippen LogP contribution in [0, 0.1) is 6.92 Å². The SMILES string of the molecule is Cc1ccc(SCc2c(C(=O)NN=Cc3ccc(Cl)cc3)nnn2-c2nonc2N)cc1. The number of amides is 1. The summed E-state index contributed by atoms with van der Waals surface area (Å²) in [5.41, 5.74) is 10.8. The summed E-state index contributed by atoms with van der Waals surface area (Å²) in [5, 5.41) is 20.0. The van der Waals surface area contributed by atoms with Crippen molar-refractivity contribution in [3.63, 3.8) is 0 Å². The van der Waals surface area contributed by atoms with Crippen molar-refractivity contribution in [1.29, 1.82) is 0 Å². The third-order valence-corrected chi connectivity index (χ3v) is 5.60. The van der Waals surface area contributed by atoms with Crippen LogP contribution in [0.1, 0.15) is 27.3 Å². The minimum atomic E-state index is -0.531. The van der Waals surface area contributed by atoms with E-state index >= 15 is 0 Å². The summed E-state index contributed by atoms with van der Waals surface area (Å²) in [6.07, 6.45) is 1.50. The molecule has 4 rings (SSSR count). The second-order valence-electron chi connectivity index (χ2n) is 6.62. The average Bonchev–Trinajstić information content (AvgIpc) is 3.40. The number of nitrogens with zero attached hydrogens (tertiary/aromatic N) is 6. The minimum absolute atomic E-state index is 0.0317. The van der Waals surface area contributed by atoms with Gasteiger partial charge in [0, 0.05) is 15.7 Å². The van der Waals surface area contributed by atoms with Crippen LogP contribution in [-0.2, 0) is 5.75 Å². The molecule has 0 fully saturated rings. The largest absolute Gasteiger partial charge is 0.378 e. The van der Waals surface area contributed by atoms with Crippen LogP contribution in [0.2, 0.25) is 5.02 Å². The van der Waals surface area contributed by atoms with Crippen LogP contribution < -0.4 is 11.2 Å². The van der Waals surface area contributed by atoms with Crippen molar-refractivity contribution in [2.24, 2.45) is 5.10 Å². The lowest BCUT2D eigenvalue weighted by molar-refractivity contribution is 0.0949. The van der Waals surface area contributed by atoms with E-state index < -0.39 is 5.91 Å². The number of hydrogen-bond donors (Lipinski definition) is 2. The van der Waals surface area contributed by atoms with E-state index in [4.69, 9.17) is 17.3 Å². The van der Waals surface area contributed by atoms with Gasteiger partial charge in [-0.1, -0.05) is 46.6 Å². The average molecular weight is 469 g/mol. The molecule has 0 saturated carbocycles. The van der Waals surface area contributed by atoms with E-state index in [0.29, 0.717) is 16.5 Å². The topological polar surface area (TPSA) is 137 Å². The Morgan fingerprint density at radius 3 is 2.66 bits per heavy atom. The molecular formula is C20H17ClN8O2S. The van der Waals surface area contributed by atoms with E-state index in [2.05, 4.69) is 35.8 Å². The van der Waals surface area contributed by atoms with Gasteiger partial charge in [-0.2, -0.15) is 9.78 Å². The Morgan fingerprint density at radius 1 is 1.22 bits per heavy atom. The van der Waals surface area contributed by atoms with Crippen molar-refractivity contribution in [3.05, 3.63) is 76.1 Å². The first-order valence-electron chi connectivity index (χ1n) is 9.32.